The second kappa shape index (κ2) is 4.28. The van der Waals surface area contributed by atoms with Gasteiger partial charge in [0.15, 0.2) is 0 Å². The van der Waals surface area contributed by atoms with Crippen LogP contribution in [0.25, 0.3) is 5.57 Å². The number of amides is 1. The first-order valence-corrected chi connectivity index (χ1v) is 4.04. The van der Waals surface area contributed by atoms with Gasteiger partial charge in [0.2, 0.25) is 5.91 Å². The molecule has 1 amide bonds. The maximum Gasteiger partial charge on any atom is 0.329 e. The molecule has 5 nitrogen and oxygen atoms in total. The van der Waals surface area contributed by atoms with Crippen LogP contribution in [0.3, 0.4) is 0 Å². The fourth-order valence-corrected chi connectivity index (χ4v) is 1.06. The van der Waals surface area contributed by atoms with E-state index in [9.17, 15) is 9.59 Å². The van der Waals surface area contributed by atoms with Crippen molar-refractivity contribution in [2.75, 3.05) is 0 Å². The molecule has 4 N–H and O–H groups in total. The molecule has 1 rings (SSSR count). The number of carboxylic acid groups (broad SMARTS) is 1. The van der Waals surface area contributed by atoms with Gasteiger partial charge in [-0.15, -0.1) is 0 Å². The average molecular weight is 207 g/mol. The van der Waals surface area contributed by atoms with Crippen LogP contribution in [0.4, 0.5) is 0 Å². The van der Waals surface area contributed by atoms with Crippen LogP contribution < -0.4 is 5.73 Å². The molecule has 0 radical (unpaired) electrons. The summed E-state index contributed by atoms with van der Waals surface area (Å²) in [4.78, 5) is 21.4. The van der Waals surface area contributed by atoms with Gasteiger partial charge in [-0.1, -0.05) is 12.1 Å². The van der Waals surface area contributed by atoms with Crippen molar-refractivity contribution in [1.82, 2.24) is 0 Å². The summed E-state index contributed by atoms with van der Waals surface area (Å²) in [6, 6.07) is 5.51. The zero-order chi connectivity index (χ0) is 11.4. The quantitative estimate of drug-likeness (QED) is 0.622. The summed E-state index contributed by atoms with van der Waals surface area (Å²) in [7, 11) is 0. The normalized spacial score (nSPS) is 11.1. The van der Waals surface area contributed by atoms with Crippen molar-refractivity contribution < 1.29 is 19.8 Å². The number of phenolic OH excluding ortho intramolecular Hbond substituents is 1. The highest BCUT2D eigenvalue weighted by molar-refractivity contribution is 6.22. The average Bonchev–Trinajstić information content (AvgIpc) is 2.15. The van der Waals surface area contributed by atoms with Gasteiger partial charge < -0.3 is 15.9 Å². The number of carbonyl (C=O) groups excluding carboxylic acids is 1. The Balaban J connectivity index is 3.16. The lowest BCUT2D eigenvalue weighted by atomic mass is 10.1. The zero-order valence-electron chi connectivity index (χ0n) is 7.68. The molecule has 5 heteroatoms. The topological polar surface area (TPSA) is 101 Å². The molecule has 78 valence electrons. The molecule has 1 aromatic rings. The highest BCUT2D eigenvalue weighted by Crippen LogP contribution is 2.17. The van der Waals surface area contributed by atoms with Gasteiger partial charge in [0.1, 0.15) is 5.75 Å². The summed E-state index contributed by atoms with van der Waals surface area (Å²) in [6.45, 7) is 0. The van der Waals surface area contributed by atoms with E-state index in [1.54, 1.807) is 0 Å². The smallest absolute Gasteiger partial charge is 0.329 e. The number of carbonyl (C=O) groups is 2. The molecular weight excluding hydrogens is 198 g/mol. The lowest BCUT2D eigenvalue weighted by molar-refractivity contribution is -0.131. The number of rotatable bonds is 3. The number of benzene rings is 1. The number of primary amides is 1. The van der Waals surface area contributed by atoms with Crippen LogP contribution >= 0.6 is 0 Å². The molecule has 0 heterocycles. The molecule has 0 unspecified atom stereocenters. The molecular formula is C10H9NO4. The van der Waals surface area contributed by atoms with E-state index in [4.69, 9.17) is 15.9 Å². The molecule has 0 aliphatic carbocycles. The van der Waals surface area contributed by atoms with Crippen LogP contribution in [0.5, 0.6) is 5.75 Å². The van der Waals surface area contributed by atoms with Gasteiger partial charge in [-0.05, 0) is 17.7 Å². The first kappa shape index (κ1) is 10.8. The van der Waals surface area contributed by atoms with E-state index in [1.165, 1.54) is 24.3 Å². The summed E-state index contributed by atoms with van der Waals surface area (Å²) in [6.07, 6.45) is 0.731. The number of hydrogen-bond donors (Lipinski definition) is 3. The maximum atomic E-state index is 10.9. The molecule has 15 heavy (non-hydrogen) atoms. The molecule has 0 saturated carbocycles. The van der Waals surface area contributed by atoms with E-state index >= 15 is 0 Å². The van der Waals surface area contributed by atoms with Gasteiger partial charge in [0, 0.05) is 6.08 Å². The standard InChI is InChI=1S/C10H9NO4/c11-10(15)8(5-9(13)14)6-1-3-7(12)4-2-6/h1-5,12H,(H2,11,15)(H,13,14). The van der Waals surface area contributed by atoms with Crippen LogP contribution in [-0.4, -0.2) is 22.1 Å². The zero-order valence-corrected chi connectivity index (χ0v) is 7.68. The van der Waals surface area contributed by atoms with Crippen molar-refractivity contribution >= 4 is 17.4 Å². The van der Waals surface area contributed by atoms with Gasteiger partial charge in [-0.2, -0.15) is 0 Å². The Morgan fingerprint density at radius 1 is 1.20 bits per heavy atom. The SMILES string of the molecule is NC(=O)C(=CC(=O)O)c1ccc(O)cc1. The van der Waals surface area contributed by atoms with Crippen LogP contribution in [0, 0.1) is 0 Å². The van der Waals surface area contributed by atoms with Crippen molar-refractivity contribution in [2.24, 2.45) is 5.73 Å². The Morgan fingerprint density at radius 2 is 1.73 bits per heavy atom. The molecule has 0 fully saturated rings. The van der Waals surface area contributed by atoms with E-state index in [-0.39, 0.29) is 11.3 Å². The maximum absolute atomic E-state index is 10.9. The van der Waals surface area contributed by atoms with Crippen LogP contribution in [-0.2, 0) is 9.59 Å². The van der Waals surface area contributed by atoms with Crippen molar-refractivity contribution in [3.8, 4) is 5.75 Å². The Bertz CT molecular complexity index is 420. The summed E-state index contributed by atoms with van der Waals surface area (Å²) >= 11 is 0. The first-order chi connectivity index (χ1) is 7.00. The van der Waals surface area contributed by atoms with Crippen molar-refractivity contribution in [1.29, 1.82) is 0 Å². The van der Waals surface area contributed by atoms with Crippen molar-refractivity contribution in [2.45, 2.75) is 0 Å². The number of carboxylic acids is 1. The van der Waals surface area contributed by atoms with Gasteiger partial charge in [0.25, 0.3) is 0 Å². The molecule has 0 aliphatic heterocycles. The molecule has 0 aliphatic rings. The fourth-order valence-electron chi connectivity index (χ4n) is 1.06. The lowest BCUT2D eigenvalue weighted by Crippen LogP contribution is -2.14. The molecule has 0 atom stereocenters. The minimum absolute atomic E-state index is 0.0258. The van der Waals surface area contributed by atoms with Crippen LogP contribution in [0.15, 0.2) is 30.3 Å². The largest absolute Gasteiger partial charge is 0.508 e. The predicted molar refractivity (Wildman–Crippen MR) is 52.9 cm³/mol. The number of hydrogen-bond acceptors (Lipinski definition) is 3. The monoisotopic (exact) mass is 207 g/mol. The molecule has 0 saturated heterocycles. The third-order valence-electron chi connectivity index (χ3n) is 1.71. The second-order valence-corrected chi connectivity index (χ2v) is 2.81. The highest BCUT2D eigenvalue weighted by Gasteiger charge is 2.09. The summed E-state index contributed by atoms with van der Waals surface area (Å²) in [5.41, 5.74) is 5.26. The number of nitrogens with two attached hydrogens (primary N) is 1. The van der Waals surface area contributed by atoms with E-state index in [2.05, 4.69) is 0 Å². The lowest BCUT2D eigenvalue weighted by Gasteiger charge is -2.02. The van der Waals surface area contributed by atoms with E-state index in [1.807, 2.05) is 0 Å². The predicted octanol–water partition coefficient (Wildman–Crippen LogP) is 0.345. The number of aromatic hydroxyl groups is 1. The molecule has 0 spiro atoms. The Labute approximate surface area is 85.5 Å². The number of aliphatic carboxylic acids is 1. The highest BCUT2D eigenvalue weighted by atomic mass is 16.4. The Kier molecular flexibility index (Phi) is 3.07. The number of phenols is 1. The Hall–Kier alpha value is -2.30. The molecule has 0 aromatic heterocycles. The molecule has 1 aromatic carbocycles. The first-order valence-electron chi connectivity index (χ1n) is 4.04. The fraction of sp³-hybridized carbons (Fsp3) is 0. The van der Waals surface area contributed by atoms with Gasteiger partial charge in [-0.3, -0.25) is 4.79 Å². The molecule has 0 bridgehead atoms. The van der Waals surface area contributed by atoms with Crippen LogP contribution in [0.1, 0.15) is 5.56 Å². The minimum atomic E-state index is -1.25. The van der Waals surface area contributed by atoms with Gasteiger partial charge in [-0.25, -0.2) is 4.79 Å². The van der Waals surface area contributed by atoms with Crippen molar-refractivity contribution in [3.63, 3.8) is 0 Å². The minimum Gasteiger partial charge on any atom is -0.508 e. The Morgan fingerprint density at radius 3 is 2.13 bits per heavy atom. The van der Waals surface area contributed by atoms with Crippen LogP contribution in [0.2, 0.25) is 0 Å². The third-order valence-corrected chi connectivity index (χ3v) is 1.71. The van der Waals surface area contributed by atoms with E-state index in [0.717, 1.165) is 6.08 Å². The van der Waals surface area contributed by atoms with Gasteiger partial charge >= 0.3 is 5.97 Å². The third kappa shape index (κ3) is 2.84. The van der Waals surface area contributed by atoms with Crippen molar-refractivity contribution in [3.05, 3.63) is 35.9 Å². The van der Waals surface area contributed by atoms with Gasteiger partial charge in [0.05, 0.1) is 5.57 Å². The summed E-state index contributed by atoms with van der Waals surface area (Å²) < 4.78 is 0. The summed E-state index contributed by atoms with van der Waals surface area (Å²) in [5, 5.41) is 17.5. The summed E-state index contributed by atoms with van der Waals surface area (Å²) in [5.74, 6) is -2.06. The van der Waals surface area contributed by atoms with E-state index in [0.29, 0.717) is 5.56 Å². The van der Waals surface area contributed by atoms with E-state index < -0.39 is 11.9 Å². The second-order valence-electron chi connectivity index (χ2n) is 2.81.